The molecule has 0 amide bonds. The molecule has 0 radical (unpaired) electrons. The van der Waals surface area contributed by atoms with Crippen molar-refractivity contribution in [2.75, 3.05) is 7.11 Å². The molecule has 0 aliphatic heterocycles. The van der Waals surface area contributed by atoms with E-state index < -0.39 is 11.8 Å². The normalized spacial score (nSPS) is 10.3. The Kier molecular flexibility index (Phi) is 4.02. The van der Waals surface area contributed by atoms with Gasteiger partial charge in [-0.3, -0.25) is 4.98 Å². The topological polar surface area (TPSA) is 39.2 Å². The predicted molar refractivity (Wildman–Crippen MR) is 71.0 cm³/mol. The molecular weight excluding hydrogens is 292 g/mol. The lowest BCUT2D eigenvalue weighted by atomic mass is 10.1. The number of benzene rings is 1. The number of halogens is 3. The number of rotatable bonds is 2. The van der Waals surface area contributed by atoms with Gasteiger partial charge in [0.25, 0.3) is 0 Å². The van der Waals surface area contributed by atoms with E-state index in [4.69, 9.17) is 23.2 Å². The van der Waals surface area contributed by atoms with Gasteiger partial charge in [-0.2, -0.15) is 0 Å². The maximum absolute atomic E-state index is 13.2. The Morgan fingerprint density at radius 1 is 1.32 bits per heavy atom. The molecule has 1 heterocycles. The van der Waals surface area contributed by atoms with Crippen LogP contribution in [0.5, 0.6) is 0 Å². The molecule has 0 aliphatic carbocycles. The van der Waals surface area contributed by atoms with Crippen LogP contribution in [-0.2, 0) is 4.74 Å². The number of aromatic nitrogens is 1. The first kappa shape index (κ1) is 13.8. The minimum Gasteiger partial charge on any atom is -0.465 e. The number of carbonyl (C=O) groups excluding carboxylic acids is 1. The van der Waals surface area contributed by atoms with Crippen LogP contribution in [-0.4, -0.2) is 18.1 Å². The zero-order chi connectivity index (χ0) is 14.0. The van der Waals surface area contributed by atoms with Crippen LogP contribution < -0.4 is 0 Å². The fraction of sp³-hybridized carbons (Fsp3) is 0.0769. The molecule has 0 bridgehead atoms. The van der Waals surface area contributed by atoms with Gasteiger partial charge in [0.1, 0.15) is 5.82 Å². The molecule has 0 unspecified atom stereocenters. The molecular formula is C13H8Cl2FNO2. The number of carbonyl (C=O) groups is 1. The number of pyridine rings is 1. The second-order valence-corrected chi connectivity index (χ2v) is 4.51. The maximum Gasteiger partial charge on any atom is 0.340 e. The van der Waals surface area contributed by atoms with Crippen LogP contribution in [0, 0.1) is 5.82 Å². The van der Waals surface area contributed by atoms with E-state index >= 15 is 0 Å². The molecule has 0 aliphatic rings. The average molecular weight is 300 g/mol. The Morgan fingerprint density at radius 2 is 2.05 bits per heavy atom. The standard InChI is InChI=1S/C13H8Cl2FNO2/c1-19-13(18)10-5-8(16)6-17-12(10)9-3-2-7(14)4-11(9)15/h2-6H,1H3. The summed E-state index contributed by atoms with van der Waals surface area (Å²) in [5.41, 5.74) is 0.730. The lowest BCUT2D eigenvalue weighted by Crippen LogP contribution is -2.06. The molecule has 2 aromatic rings. The van der Waals surface area contributed by atoms with Crippen LogP contribution in [0.4, 0.5) is 4.39 Å². The summed E-state index contributed by atoms with van der Waals surface area (Å²) in [6, 6.07) is 5.79. The highest BCUT2D eigenvalue weighted by Crippen LogP contribution is 2.31. The maximum atomic E-state index is 13.2. The van der Waals surface area contributed by atoms with E-state index in [1.807, 2.05) is 0 Å². The van der Waals surface area contributed by atoms with Crippen LogP contribution in [0.1, 0.15) is 10.4 Å². The van der Waals surface area contributed by atoms with Crippen LogP contribution in [0.15, 0.2) is 30.5 Å². The largest absolute Gasteiger partial charge is 0.465 e. The van der Waals surface area contributed by atoms with E-state index in [1.165, 1.54) is 13.2 Å². The quantitative estimate of drug-likeness (QED) is 0.787. The molecule has 6 heteroatoms. The fourth-order valence-electron chi connectivity index (χ4n) is 1.60. The summed E-state index contributed by atoms with van der Waals surface area (Å²) in [5, 5.41) is 0.771. The van der Waals surface area contributed by atoms with Crippen LogP contribution in [0.3, 0.4) is 0 Å². The van der Waals surface area contributed by atoms with Crippen LogP contribution >= 0.6 is 23.2 Å². The van der Waals surface area contributed by atoms with Gasteiger partial charge in [0.15, 0.2) is 0 Å². The highest BCUT2D eigenvalue weighted by Gasteiger charge is 2.18. The molecule has 3 nitrogen and oxygen atoms in total. The lowest BCUT2D eigenvalue weighted by molar-refractivity contribution is 0.0600. The molecule has 0 saturated carbocycles. The zero-order valence-corrected chi connectivity index (χ0v) is 11.3. The van der Waals surface area contributed by atoms with E-state index in [-0.39, 0.29) is 11.3 Å². The summed E-state index contributed by atoms with van der Waals surface area (Å²) in [6.07, 6.45) is 1.01. The summed E-state index contributed by atoms with van der Waals surface area (Å²) in [6.45, 7) is 0. The number of nitrogens with zero attached hydrogens (tertiary/aromatic N) is 1. The first-order chi connectivity index (χ1) is 9.02. The minimum absolute atomic E-state index is 0.00622. The van der Waals surface area contributed by atoms with Gasteiger partial charge >= 0.3 is 5.97 Å². The third-order valence-corrected chi connectivity index (χ3v) is 2.99. The summed E-state index contributed by atoms with van der Waals surface area (Å²) in [5.74, 6) is -1.32. The smallest absolute Gasteiger partial charge is 0.340 e. The van der Waals surface area contributed by atoms with Gasteiger partial charge in [0, 0.05) is 10.6 Å². The van der Waals surface area contributed by atoms with E-state index in [0.717, 1.165) is 12.3 Å². The highest BCUT2D eigenvalue weighted by molar-refractivity contribution is 6.36. The third-order valence-electron chi connectivity index (χ3n) is 2.45. The van der Waals surface area contributed by atoms with Gasteiger partial charge in [0.05, 0.1) is 29.6 Å². The van der Waals surface area contributed by atoms with Crippen molar-refractivity contribution in [2.45, 2.75) is 0 Å². The van der Waals surface area contributed by atoms with Crippen molar-refractivity contribution >= 4 is 29.2 Å². The molecule has 0 N–H and O–H groups in total. The van der Waals surface area contributed by atoms with Crippen molar-refractivity contribution < 1.29 is 13.9 Å². The van der Waals surface area contributed by atoms with Crippen molar-refractivity contribution in [3.05, 3.63) is 51.9 Å². The van der Waals surface area contributed by atoms with E-state index in [9.17, 15) is 9.18 Å². The van der Waals surface area contributed by atoms with Gasteiger partial charge in [-0.1, -0.05) is 23.2 Å². The number of ether oxygens (including phenoxy) is 1. The summed E-state index contributed by atoms with van der Waals surface area (Å²) < 4.78 is 17.8. The Bertz CT molecular complexity index is 647. The van der Waals surface area contributed by atoms with Crippen LogP contribution in [0.2, 0.25) is 10.0 Å². The molecule has 2 rings (SSSR count). The summed E-state index contributed by atoms with van der Waals surface area (Å²) in [7, 11) is 1.21. The monoisotopic (exact) mass is 299 g/mol. The number of esters is 1. The molecule has 0 saturated heterocycles. The molecule has 0 fully saturated rings. The Morgan fingerprint density at radius 3 is 2.68 bits per heavy atom. The van der Waals surface area contributed by atoms with E-state index in [1.54, 1.807) is 12.1 Å². The fourth-order valence-corrected chi connectivity index (χ4v) is 2.10. The zero-order valence-electron chi connectivity index (χ0n) is 9.78. The van der Waals surface area contributed by atoms with Gasteiger partial charge in [0.2, 0.25) is 0 Å². The lowest BCUT2D eigenvalue weighted by Gasteiger charge is -2.09. The molecule has 0 spiro atoms. The molecule has 1 aromatic carbocycles. The first-order valence-corrected chi connectivity index (χ1v) is 5.98. The second-order valence-electron chi connectivity index (χ2n) is 3.67. The molecule has 19 heavy (non-hydrogen) atoms. The Hall–Kier alpha value is -1.65. The van der Waals surface area contributed by atoms with Crippen molar-refractivity contribution in [2.24, 2.45) is 0 Å². The van der Waals surface area contributed by atoms with Gasteiger partial charge < -0.3 is 4.74 Å². The number of methoxy groups -OCH3 is 1. The van der Waals surface area contributed by atoms with Gasteiger partial charge in [-0.05, 0) is 24.3 Å². The van der Waals surface area contributed by atoms with Crippen molar-refractivity contribution in [1.82, 2.24) is 4.98 Å². The molecule has 1 aromatic heterocycles. The van der Waals surface area contributed by atoms with Crippen LogP contribution in [0.25, 0.3) is 11.3 Å². The van der Waals surface area contributed by atoms with Gasteiger partial charge in [-0.15, -0.1) is 0 Å². The molecule has 98 valence electrons. The molecule has 0 atom stereocenters. The second kappa shape index (κ2) is 5.55. The van der Waals surface area contributed by atoms with Crippen molar-refractivity contribution in [1.29, 1.82) is 0 Å². The number of hydrogen-bond donors (Lipinski definition) is 0. The summed E-state index contributed by atoms with van der Waals surface area (Å²) in [4.78, 5) is 15.5. The van der Waals surface area contributed by atoms with E-state index in [0.29, 0.717) is 15.6 Å². The van der Waals surface area contributed by atoms with Crippen molar-refractivity contribution in [3.8, 4) is 11.3 Å². The third kappa shape index (κ3) is 2.85. The number of hydrogen-bond acceptors (Lipinski definition) is 3. The van der Waals surface area contributed by atoms with Gasteiger partial charge in [-0.25, -0.2) is 9.18 Å². The Balaban J connectivity index is 2.64. The SMILES string of the molecule is COC(=O)c1cc(F)cnc1-c1ccc(Cl)cc1Cl. The predicted octanol–water partition coefficient (Wildman–Crippen LogP) is 3.98. The van der Waals surface area contributed by atoms with E-state index in [2.05, 4.69) is 9.72 Å². The highest BCUT2D eigenvalue weighted by atomic mass is 35.5. The Labute approximate surface area is 118 Å². The van der Waals surface area contributed by atoms with Crippen molar-refractivity contribution in [3.63, 3.8) is 0 Å². The minimum atomic E-state index is -0.687. The average Bonchev–Trinajstić information content (AvgIpc) is 2.38. The summed E-state index contributed by atoms with van der Waals surface area (Å²) >= 11 is 11.9. The first-order valence-electron chi connectivity index (χ1n) is 5.22.